The molecule has 3 rings (SSSR count). The lowest BCUT2D eigenvalue weighted by atomic mass is 10.1. The molecule has 0 saturated carbocycles. The second-order valence-electron chi connectivity index (χ2n) is 6.05. The summed E-state index contributed by atoms with van der Waals surface area (Å²) in [6.07, 6.45) is 3.22. The van der Waals surface area contributed by atoms with Crippen molar-refractivity contribution in [3.63, 3.8) is 0 Å². The molecule has 1 aromatic rings. The fraction of sp³-hybridized carbons (Fsp3) is 0.500. The highest BCUT2D eigenvalue weighted by Gasteiger charge is 2.31. The van der Waals surface area contributed by atoms with Crippen LogP contribution < -0.4 is 10.6 Å². The van der Waals surface area contributed by atoms with E-state index in [9.17, 15) is 14.0 Å². The highest BCUT2D eigenvalue weighted by atomic mass is 35.5. The third-order valence-corrected chi connectivity index (χ3v) is 4.33. The predicted molar refractivity (Wildman–Crippen MR) is 88.4 cm³/mol. The van der Waals surface area contributed by atoms with Crippen molar-refractivity contribution in [2.24, 2.45) is 0 Å². The smallest absolute Gasteiger partial charge is 0.253 e. The number of likely N-dealkylation sites (tertiary alicyclic amines) is 1. The zero-order valence-corrected chi connectivity index (χ0v) is 13.8. The van der Waals surface area contributed by atoms with Crippen LogP contribution in [0, 0.1) is 5.82 Å². The summed E-state index contributed by atoms with van der Waals surface area (Å²) in [6.45, 7) is 2.70. The van der Waals surface area contributed by atoms with Crippen LogP contribution in [0.1, 0.15) is 36.5 Å². The van der Waals surface area contributed by atoms with Crippen LogP contribution in [0.25, 0.3) is 0 Å². The molecule has 2 aliphatic heterocycles. The second kappa shape index (κ2) is 7.27. The van der Waals surface area contributed by atoms with Crippen molar-refractivity contribution in [3.05, 3.63) is 29.6 Å². The Morgan fingerprint density at radius 1 is 1.26 bits per heavy atom. The fourth-order valence-corrected chi connectivity index (χ4v) is 3.25. The minimum atomic E-state index is -0.539. The lowest BCUT2D eigenvalue weighted by Crippen LogP contribution is -2.39. The van der Waals surface area contributed by atoms with Gasteiger partial charge in [-0.25, -0.2) is 4.39 Å². The lowest BCUT2D eigenvalue weighted by molar-refractivity contribution is -0.114. The zero-order valence-electron chi connectivity index (χ0n) is 13.0. The van der Waals surface area contributed by atoms with Crippen LogP contribution in [-0.2, 0) is 4.79 Å². The van der Waals surface area contributed by atoms with Crippen LogP contribution in [0.5, 0.6) is 0 Å². The van der Waals surface area contributed by atoms with Crippen LogP contribution in [0.15, 0.2) is 18.2 Å². The van der Waals surface area contributed by atoms with E-state index in [1.807, 2.05) is 4.90 Å². The molecule has 23 heavy (non-hydrogen) atoms. The molecule has 2 bridgehead atoms. The van der Waals surface area contributed by atoms with Gasteiger partial charge in [0.2, 0.25) is 5.91 Å². The standard InChI is InChI=1S/C16H20FN3O2.ClH/c1-10(21)18-15-8-11(2-5-14(15)17)16(22)20-7-6-12-3-4-13(9-20)19-12;/h2,5,8,12-13,19H,3-4,6-7,9H2,1H3,(H,18,21);1H. The summed E-state index contributed by atoms with van der Waals surface area (Å²) in [7, 11) is 0. The lowest BCUT2D eigenvalue weighted by Gasteiger charge is -2.24. The van der Waals surface area contributed by atoms with E-state index in [0.717, 1.165) is 12.8 Å². The first-order valence-electron chi connectivity index (χ1n) is 7.65. The van der Waals surface area contributed by atoms with Crippen molar-refractivity contribution in [1.82, 2.24) is 10.2 Å². The Bertz CT molecular complexity index is 611. The van der Waals surface area contributed by atoms with E-state index in [1.54, 1.807) is 0 Å². The molecular weight excluding hydrogens is 321 g/mol. The van der Waals surface area contributed by atoms with E-state index in [4.69, 9.17) is 0 Å². The molecule has 2 aliphatic rings. The summed E-state index contributed by atoms with van der Waals surface area (Å²) in [6, 6.07) is 4.97. The van der Waals surface area contributed by atoms with Gasteiger partial charge in [-0.2, -0.15) is 0 Å². The van der Waals surface area contributed by atoms with Crippen LogP contribution in [-0.4, -0.2) is 41.9 Å². The van der Waals surface area contributed by atoms with Crippen LogP contribution in [0.2, 0.25) is 0 Å². The molecule has 1 aromatic carbocycles. The van der Waals surface area contributed by atoms with Gasteiger partial charge in [0.25, 0.3) is 5.91 Å². The first-order valence-corrected chi connectivity index (χ1v) is 7.65. The number of anilines is 1. The van der Waals surface area contributed by atoms with Crippen molar-refractivity contribution in [2.45, 2.75) is 38.3 Å². The number of hydrogen-bond acceptors (Lipinski definition) is 3. The van der Waals surface area contributed by atoms with Gasteiger partial charge in [0.05, 0.1) is 5.69 Å². The quantitative estimate of drug-likeness (QED) is 0.866. The molecule has 5 nitrogen and oxygen atoms in total. The van der Waals surface area contributed by atoms with Crippen LogP contribution in [0.4, 0.5) is 10.1 Å². The number of benzene rings is 1. The van der Waals surface area contributed by atoms with E-state index in [-0.39, 0.29) is 29.9 Å². The van der Waals surface area contributed by atoms with Crippen LogP contribution in [0.3, 0.4) is 0 Å². The summed E-state index contributed by atoms with van der Waals surface area (Å²) in [4.78, 5) is 25.6. The fourth-order valence-electron chi connectivity index (χ4n) is 3.25. The monoisotopic (exact) mass is 341 g/mol. The normalized spacial score (nSPS) is 23.0. The van der Waals surface area contributed by atoms with Gasteiger partial charge in [0, 0.05) is 37.7 Å². The summed E-state index contributed by atoms with van der Waals surface area (Å²) >= 11 is 0. The molecule has 0 aromatic heterocycles. The van der Waals surface area contributed by atoms with Gasteiger partial charge in [-0.05, 0) is 37.5 Å². The summed E-state index contributed by atoms with van der Waals surface area (Å²) in [5.41, 5.74) is 0.454. The first-order chi connectivity index (χ1) is 10.5. The average Bonchev–Trinajstić information content (AvgIpc) is 2.79. The topological polar surface area (TPSA) is 61.4 Å². The van der Waals surface area contributed by atoms with Gasteiger partial charge in [-0.1, -0.05) is 0 Å². The number of nitrogens with zero attached hydrogens (tertiary/aromatic N) is 1. The van der Waals surface area contributed by atoms with E-state index < -0.39 is 5.82 Å². The largest absolute Gasteiger partial charge is 0.337 e. The molecular formula is C16H21ClFN3O2. The summed E-state index contributed by atoms with van der Waals surface area (Å²) in [5.74, 6) is -1.01. The maximum atomic E-state index is 13.7. The Balaban J connectivity index is 0.00000192. The number of hydrogen-bond donors (Lipinski definition) is 2. The van der Waals surface area contributed by atoms with Crippen molar-refractivity contribution >= 4 is 29.9 Å². The van der Waals surface area contributed by atoms with Crippen LogP contribution >= 0.6 is 12.4 Å². The van der Waals surface area contributed by atoms with Gasteiger partial charge in [0.15, 0.2) is 0 Å². The number of nitrogens with one attached hydrogen (secondary N) is 2. The number of halogens is 2. The zero-order chi connectivity index (χ0) is 15.7. The molecule has 126 valence electrons. The maximum Gasteiger partial charge on any atom is 0.253 e. The Morgan fingerprint density at radius 3 is 2.74 bits per heavy atom. The van der Waals surface area contributed by atoms with Crippen molar-refractivity contribution in [3.8, 4) is 0 Å². The van der Waals surface area contributed by atoms with Crippen molar-refractivity contribution in [1.29, 1.82) is 0 Å². The Morgan fingerprint density at radius 2 is 2.00 bits per heavy atom. The molecule has 0 aliphatic carbocycles. The minimum Gasteiger partial charge on any atom is -0.337 e. The summed E-state index contributed by atoms with van der Waals surface area (Å²) < 4.78 is 13.7. The molecule has 0 spiro atoms. The highest BCUT2D eigenvalue weighted by Crippen LogP contribution is 2.23. The number of carbonyl (C=O) groups excluding carboxylic acids is 2. The molecule has 0 radical (unpaired) electrons. The minimum absolute atomic E-state index is 0. The van der Waals surface area contributed by atoms with Gasteiger partial charge in [-0.15, -0.1) is 12.4 Å². The molecule has 2 N–H and O–H groups in total. The van der Waals surface area contributed by atoms with Gasteiger partial charge in [0.1, 0.15) is 5.82 Å². The highest BCUT2D eigenvalue weighted by molar-refractivity contribution is 5.97. The average molecular weight is 342 g/mol. The number of amides is 2. The Hall–Kier alpha value is -1.66. The van der Waals surface area contributed by atoms with Gasteiger partial charge >= 0.3 is 0 Å². The number of rotatable bonds is 2. The van der Waals surface area contributed by atoms with E-state index in [0.29, 0.717) is 30.7 Å². The van der Waals surface area contributed by atoms with E-state index in [2.05, 4.69) is 10.6 Å². The molecule has 2 saturated heterocycles. The SMILES string of the molecule is CC(=O)Nc1cc(C(=O)N2CCC3CCC(C2)N3)ccc1F.Cl. The molecule has 2 atom stereocenters. The van der Waals surface area contributed by atoms with E-state index >= 15 is 0 Å². The number of fused-ring (bicyclic) bond motifs is 2. The molecule has 7 heteroatoms. The molecule has 2 unspecified atom stereocenters. The van der Waals surface area contributed by atoms with Crippen molar-refractivity contribution in [2.75, 3.05) is 18.4 Å². The summed E-state index contributed by atoms with van der Waals surface area (Å²) in [5, 5.41) is 5.94. The Labute approximate surface area is 141 Å². The maximum absolute atomic E-state index is 13.7. The van der Waals surface area contributed by atoms with Gasteiger partial charge in [-0.3, -0.25) is 9.59 Å². The number of carbonyl (C=O) groups is 2. The van der Waals surface area contributed by atoms with E-state index in [1.165, 1.54) is 31.5 Å². The molecule has 2 heterocycles. The van der Waals surface area contributed by atoms with Gasteiger partial charge < -0.3 is 15.5 Å². The Kier molecular flexibility index (Phi) is 5.59. The first kappa shape index (κ1) is 17.7. The third kappa shape index (κ3) is 4.00. The molecule has 2 amide bonds. The van der Waals surface area contributed by atoms with Crippen molar-refractivity contribution < 1.29 is 14.0 Å². The molecule has 2 fully saturated rings. The second-order valence-corrected chi connectivity index (χ2v) is 6.05. The third-order valence-electron chi connectivity index (χ3n) is 4.33. The predicted octanol–water partition coefficient (Wildman–Crippen LogP) is 2.17.